The predicted molar refractivity (Wildman–Crippen MR) is 68.1 cm³/mol. The third-order valence-electron chi connectivity index (χ3n) is 2.90. The minimum absolute atomic E-state index is 0.121. The van der Waals surface area contributed by atoms with Gasteiger partial charge < -0.3 is 5.32 Å². The Labute approximate surface area is 105 Å². The second-order valence-corrected chi connectivity index (χ2v) is 4.28. The molecule has 2 rings (SSSR count). The van der Waals surface area contributed by atoms with Crippen molar-refractivity contribution in [3.05, 3.63) is 71.3 Å². The average molecular weight is 247 g/mol. The third-order valence-corrected chi connectivity index (χ3v) is 2.90. The lowest BCUT2D eigenvalue weighted by Gasteiger charge is -2.14. The summed E-state index contributed by atoms with van der Waals surface area (Å²) in [5.41, 5.74) is 2.05. The molecule has 18 heavy (non-hydrogen) atoms. The standard InChI is InChI=1S/C15H15F2N/c1-11(13-4-8-15(17)9-5-13)18-10-12-2-6-14(16)7-3-12/h2-9,11,18H,10H2,1H3/t11-/m0/s1. The Morgan fingerprint density at radius 1 is 0.889 bits per heavy atom. The highest BCUT2D eigenvalue weighted by Gasteiger charge is 2.04. The summed E-state index contributed by atoms with van der Waals surface area (Å²) in [4.78, 5) is 0. The smallest absolute Gasteiger partial charge is 0.123 e. The quantitative estimate of drug-likeness (QED) is 0.866. The molecule has 0 aliphatic carbocycles. The predicted octanol–water partition coefficient (Wildman–Crippen LogP) is 3.82. The van der Waals surface area contributed by atoms with Crippen LogP contribution in [0.3, 0.4) is 0 Å². The molecular formula is C15H15F2N. The van der Waals surface area contributed by atoms with Crippen molar-refractivity contribution in [3.8, 4) is 0 Å². The van der Waals surface area contributed by atoms with Crippen molar-refractivity contribution in [3.63, 3.8) is 0 Å². The number of benzene rings is 2. The molecule has 0 aromatic heterocycles. The molecule has 0 aliphatic rings. The van der Waals surface area contributed by atoms with Crippen molar-refractivity contribution in [1.82, 2.24) is 5.32 Å². The second-order valence-electron chi connectivity index (χ2n) is 4.28. The fourth-order valence-electron chi connectivity index (χ4n) is 1.74. The van der Waals surface area contributed by atoms with Crippen LogP contribution >= 0.6 is 0 Å². The summed E-state index contributed by atoms with van der Waals surface area (Å²) in [5.74, 6) is -0.463. The van der Waals surface area contributed by atoms with E-state index < -0.39 is 0 Å². The molecule has 1 N–H and O–H groups in total. The Morgan fingerprint density at radius 3 is 1.94 bits per heavy atom. The summed E-state index contributed by atoms with van der Waals surface area (Å²) in [6, 6.07) is 12.9. The highest BCUT2D eigenvalue weighted by atomic mass is 19.1. The number of hydrogen-bond donors (Lipinski definition) is 1. The van der Waals surface area contributed by atoms with E-state index in [9.17, 15) is 8.78 Å². The largest absolute Gasteiger partial charge is 0.306 e. The van der Waals surface area contributed by atoms with E-state index in [1.54, 1.807) is 24.3 Å². The molecule has 0 fully saturated rings. The van der Waals surface area contributed by atoms with Crippen LogP contribution in [0.25, 0.3) is 0 Å². The zero-order valence-corrected chi connectivity index (χ0v) is 10.2. The monoisotopic (exact) mass is 247 g/mol. The normalized spacial score (nSPS) is 12.4. The first-order valence-electron chi connectivity index (χ1n) is 5.88. The van der Waals surface area contributed by atoms with Gasteiger partial charge in [-0.05, 0) is 42.3 Å². The maximum Gasteiger partial charge on any atom is 0.123 e. The Kier molecular flexibility index (Phi) is 4.05. The van der Waals surface area contributed by atoms with Gasteiger partial charge in [-0.3, -0.25) is 0 Å². The molecule has 0 bridgehead atoms. The SMILES string of the molecule is C[C@H](NCc1ccc(F)cc1)c1ccc(F)cc1. The van der Waals surface area contributed by atoms with Crippen LogP contribution in [0.5, 0.6) is 0 Å². The topological polar surface area (TPSA) is 12.0 Å². The molecule has 0 aliphatic heterocycles. The first kappa shape index (κ1) is 12.7. The van der Waals surface area contributed by atoms with E-state index in [0.29, 0.717) is 6.54 Å². The lowest BCUT2D eigenvalue weighted by molar-refractivity contribution is 0.569. The van der Waals surface area contributed by atoms with Gasteiger partial charge in [0.05, 0.1) is 0 Å². The van der Waals surface area contributed by atoms with Crippen molar-refractivity contribution in [1.29, 1.82) is 0 Å². The van der Waals surface area contributed by atoms with Gasteiger partial charge in [0.2, 0.25) is 0 Å². The highest BCUT2D eigenvalue weighted by Crippen LogP contribution is 2.13. The lowest BCUT2D eigenvalue weighted by atomic mass is 10.1. The molecule has 94 valence electrons. The van der Waals surface area contributed by atoms with Gasteiger partial charge in [0.1, 0.15) is 11.6 Å². The van der Waals surface area contributed by atoms with Crippen LogP contribution in [-0.2, 0) is 6.54 Å². The molecule has 2 aromatic carbocycles. The first-order valence-corrected chi connectivity index (χ1v) is 5.88. The average Bonchev–Trinajstić information content (AvgIpc) is 2.38. The molecule has 0 radical (unpaired) electrons. The summed E-state index contributed by atoms with van der Waals surface area (Å²) in [5, 5.41) is 3.31. The van der Waals surface area contributed by atoms with Crippen molar-refractivity contribution in [2.75, 3.05) is 0 Å². The van der Waals surface area contributed by atoms with Crippen LogP contribution in [0.15, 0.2) is 48.5 Å². The Morgan fingerprint density at radius 2 is 1.39 bits per heavy atom. The van der Waals surface area contributed by atoms with Crippen LogP contribution in [0.1, 0.15) is 24.1 Å². The van der Waals surface area contributed by atoms with E-state index in [2.05, 4.69) is 5.32 Å². The van der Waals surface area contributed by atoms with Gasteiger partial charge in [0.25, 0.3) is 0 Å². The van der Waals surface area contributed by atoms with Gasteiger partial charge >= 0.3 is 0 Å². The van der Waals surface area contributed by atoms with Crippen molar-refractivity contribution < 1.29 is 8.78 Å². The van der Waals surface area contributed by atoms with E-state index in [4.69, 9.17) is 0 Å². The minimum atomic E-state index is -0.232. The third kappa shape index (κ3) is 3.37. The molecule has 1 nitrogen and oxygen atoms in total. The zero-order chi connectivity index (χ0) is 13.0. The van der Waals surface area contributed by atoms with Gasteiger partial charge in [-0.15, -0.1) is 0 Å². The number of nitrogens with one attached hydrogen (secondary N) is 1. The van der Waals surface area contributed by atoms with Gasteiger partial charge in [-0.1, -0.05) is 24.3 Å². The molecule has 0 saturated carbocycles. The van der Waals surface area contributed by atoms with Crippen molar-refractivity contribution in [2.45, 2.75) is 19.5 Å². The summed E-state index contributed by atoms with van der Waals surface area (Å²) in [7, 11) is 0. The molecule has 2 aromatic rings. The first-order chi connectivity index (χ1) is 8.65. The van der Waals surface area contributed by atoms with E-state index in [1.807, 2.05) is 6.92 Å². The minimum Gasteiger partial charge on any atom is -0.306 e. The molecule has 1 atom stereocenters. The lowest BCUT2D eigenvalue weighted by Crippen LogP contribution is -2.18. The van der Waals surface area contributed by atoms with E-state index in [0.717, 1.165) is 11.1 Å². The molecule has 0 unspecified atom stereocenters. The molecule has 0 heterocycles. The second kappa shape index (κ2) is 5.74. The van der Waals surface area contributed by atoms with Crippen LogP contribution in [0.4, 0.5) is 8.78 Å². The van der Waals surface area contributed by atoms with Crippen molar-refractivity contribution in [2.24, 2.45) is 0 Å². The van der Waals surface area contributed by atoms with E-state index >= 15 is 0 Å². The fourth-order valence-corrected chi connectivity index (χ4v) is 1.74. The Hall–Kier alpha value is -1.74. The summed E-state index contributed by atoms with van der Waals surface area (Å²) >= 11 is 0. The highest BCUT2D eigenvalue weighted by molar-refractivity contribution is 5.20. The van der Waals surface area contributed by atoms with E-state index in [1.165, 1.54) is 24.3 Å². The zero-order valence-electron chi connectivity index (χ0n) is 10.2. The van der Waals surface area contributed by atoms with Crippen LogP contribution in [-0.4, -0.2) is 0 Å². The van der Waals surface area contributed by atoms with Crippen LogP contribution in [0.2, 0.25) is 0 Å². The Bertz CT molecular complexity index is 491. The summed E-state index contributed by atoms with van der Waals surface area (Å²) < 4.78 is 25.5. The molecule has 0 spiro atoms. The maximum absolute atomic E-state index is 12.8. The van der Waals surface area contributed by atoms with Gasteiger partial charge in [-0.2, -0.15) is 0 Å². The Balaban J connectivity index is 1.93. The van der Waals surface area contributed by atoms with Gasteiger partial charge in [0, 0.05) is 12.6 Å². The number of halogens is 2. The van der Waals surface area contributed by atoms with Crippen LogP contribution in [0, 0.1) is 11.6 Å². The van der Waals surface area contributed by atoms with Crippen molar-refractivity contribution >= 4 is 0 Å². The number of hydrogen-bond acceptors (Lipinski definition) is 1. The fraction of sp³-hybridized carbons (Fsp3) is 0.200. The molecule has 0 saturated heterocycles. The molecular weight excluding hydrogens is 232 g/mol. The number of rotatable bonds is 4. The van der Waals surface area contributed by atoms with E-state index in [-0.39, 0.29) is 17.7 Å². The van der Waals surface area contributed by atoms with Crippen LogP contribution < -0.4 is 5.32 Å². The molecule has 0 amide bonds. The van der Waals surface area contributed by atoms with Gasteiger partial charge in [0.15, 0.2) is 0 Å². The summed E-state index contributed by atoms with van der Waals surface area (Å²) in [6.45, 7) is 2.66. The van der Waals surface area contributed by atoms with Gasteiger partial charge in [-0.25, -0.2) is 8.78 Å². The maximum atomic E-state index is 12.8. The molecule has 3 heteroatoms. The summed E-state index contributed by atoms with van der Waals surface area (Å²) in [6.07, 6.45) is 0.